The first-order valence-electron chi connectivity index (χ1n) is 9.47. The lowest BCUT2D eigenvalue weighted by atomic mass is 10.1. The van der Waals surface area contributed by atoms with E-state index in [9.17, 15) is 9.90 Å². The average molecular weight is 420 g/mol. The maximum atomic E-state index is 10.9. The van der Waals surface area contributed by atoms with E-state index < -0.39 is 5.97 Å². The number of rotatable bonds is 5. The molecule has 3 N–H and O–H groups in total. The molecule has 0 spiro atoms. The Labute approximate surface area is 178 Å². The van der Waals surface area contributed by atoms with Crippen LogP contribution in [0.1, 0.15) is 21.0 Å². The number of carboxylic acids is 1. The lowest BCUT2D eigenvalue weighted by Gasteiger charge is -2.18. The lowest BCUT2D eigenvalue weighted by Crippen LogP contribution is -2.26. The third kappa shape index (κ3) is 3.71. The van der Waals surface area contributed by atoms with E-state index in [4.69, 9.17) is 15.5 Å². The van der Waals surface area contributed by atoms with Crippen LogP contribution in [0.3, 0.4) is 0 Å². The summed E-state index contributed by atoms with van der Waals surface area (Å²) in [6.07, 6.45) is -0.0490. The van der Waals surface area contributed by atoms with Crippen molar-refractivity contribution in [1.82, 2.24) is 4.98 Å². The van der Waals surface area contributed by atoms with Crippen LogP contribution >= 0.6 is 11.3 Å². The smallest absolute Gasteiger partial charge is 0.307 e. The van der Waals surface area contributed by atoms with Crippen molar-refractivity contribution in [3.63, 3.8) is 0 Å². The minimum absolute atomic E-state index is 0.0490. The second-order valence-electron chi connectivity index (χ2n) is 7.28. The summed E-state index contributed by atoms with van der Waals surface area (Å²) in [4.78, 5) is 18.3. The summed E-state index contributed by atoms with van der Waals surface area (Å²) in [5, 5.41) is 28.8. The number of hydrogen-bond acceptors (Lipinski definition) is 5. The van der Waals surface area contributed by atoms with Gasteiger partial charge >= 0.3 is 5.97 Å². The predicted octanol–water partition coefficient (Wildman–Crippen LogP) is 4.82. The molecule has 0 unspecified atom stereocenters. The van der Waals surface area contributed by atoms with Crippen molar-refractivity contribution in [2.45, 2.75) is 20.3 Å². The molecule has 30 heavy (non-hydrogen) atoms. The molecular weight excluding hydrogens is 398 g/mol. The molecule has 1 aromatic heterocycles. The second kappa shape index (κ2) is 7.76. The molecule has 0 saturated heterocycles. The average Bonchev–Trinajstić information content (AvgIpc) is 3.21. The molecule has 3 aromatic rings. The number of hydrogen-bond donors (Lipinski definition) is 3. The Kier molecular flexibility index (Phi) is 5.13. The molecule has 0 bridgehead atoms. The Bertz CT molecular complexity index is 1160. The molecule has 7 heteroatoms. The van der Waals surface area contributed by atoms with Gasteiger partial charge in [-0.1, -0.05) is 42.0 Å². The number of aliphatic hydroxyl groups is 1. The standard InChI is InChI=1S/C23H21N3O3S/c1-13-3-7-16(8-4-13)21-14(2)30-23(25-21)20-18(27)12-26(22(20)24)17-9-5-15(6-10-17)11-19(28)29/h3-10,24,27H,11-12H2,1-2H3,(H,28,29). The topological polar surface area (TPSA) is 97.5 Å². The van der Waals surface area contributed by atoms with Gasteiger partial charge in [-0.3, -0.25) is 10.2 Å². The van der Waals surface area contributed by atoms with Gasteiger partial charge in [0.05, 0.1) is 24.2 Å². The molecule has 0 amide bonds. The van der Waals surface area contributed by atoms with Crippen LogP contribution < -0.4 is 4.90 Å². The Morgan fingerprint density at radius 3 is 2.43 bits per heavy atom. The van der Waals surface area contributed by atoms with Gasteiger partial charge in [0.25, 0.3) is 0 Å². The normalized spacial score (nSPS) is 13.9. The van der Waals surface area contributed by atoms with Gasteiger partial charge in [-0.15, -0.1) is 11.3 Å². The van der Waals surface area contributed by atoms with Crippen molar-refractivity contribution < 1.29 is 15.0 Å². The molecule has 0 atom stereocenters. The van der Waals surface area contributed by atoms with Crippen LogP contribution in [0.5, 0.6) is 0 Å². The van der Waals surface area contributed by atoms with Crippen molar-refractivity contribution >= 4 is 34.4 Å². The van der Waals surface area contributed by atoms with Crippen LogP contribution in [0.15, 0.2) is 54.3 Å². The SMILES string of the molecule is Cc1ccc(-c2nc(C3=C(O)CN(c4ccc(CC(=O)O)cc4)C3=N)sc2C)cc1. The van der Waals surface area contributed by atoms with E-state index in [1.165, 1.54) is 16.9 Å². The first-order chi connectivity index (χ1) is 14.3. The number of carboxylic acid groups (broad SMARTS) is 1. The molecule has 1 aliphatic heterocycles. The number of aromatic nitrogens is 1. The quantitative estimate of drug-likeness (QED) is 0.551. The van der Waals surface area contributed by atoms with E-state index >= 15 is 0 Å². The van der Waals surface area contributed by atoms with E-state index in [1.54, 1.807) is 29.2 Å². The highest BCUT2D eigenvalue weighted by Crippen LogP contribution is 2.36. The van der Waals surface area contributed by atoms with Gasteiger partial charge in [0.2, 0.25) is 0 Å². The van der Waals surface area contributed by atoms with Crippen LogP contribution in [0, 0.1) is 19.3 Å². The maximum absolute atomic E-state index is 10.9. The zero-order valence-electron chi connectivity index (χ0n) is 16.6. The van der Waals surface area contributed by atoms with Gasteiger partial charge in [-0.2, -0.15) is 0 Å². The Hall–Kier alpha value is -3.45. The van der Waals surface area contributed by atoms with E-state index in [2.05, 4.69) is 0 Å². The number of aliphatic hydroxyl groups excluding tert-OH is 1. The minimum atomic E-state index is -0.887. The fourth-order valence-electron chi connectivity index (χ4n) is 3.48. The van der Waals surface area contributed by atoms with E-state index in [0.717, 1.165) is 21.8 Å². The Balaban J connectivity index is 1.61. The summed E-state index contributed by atoms with van der Waals surface area (Å²) >= 11 is 1.46. The van der Waals surface area contributed by atoms with E-state index in [-0.39, 0.29) is 24.6 Å². The molecule has 0 radical (unpaired) electrons. The Morgan fingerprint density at radius 2 is 1.80 bits per heavy atom. The van der Waals surface area contributed by atoms with Crippen molar-refractivity contribution in [1.29, 1.82) is 5.41 Å². The number of aryl methyl sites for hydroxylation is 2. The fourth-order valence-corrected chi connectivity index (χ4v) is 4.48. The zero-order valence-corrected chi connectivity index (χ0v) is 17.5. The van der Waals surface area contributed by atoms with Gasteiger partial charge in [0.15, 0.2) is 0 Å². The van der Waals surface area contributed by atoms with Crippen LogP contribution in [0.4, 0.5) is 5.69 Å². The molecule has 2 heterocycles. The number of nitrogens with one attached hydrogen (secondary N) is 1. The molecule has 152 valence electrons. The van der Waals surface area contributed by atoms with Gasteiger partial charge in [0, 0.05) is 16.1 Å². The highest BCUT2D eigenvalue weighted by molar-refractivity contribution is 7.13. The van der Waals surface area contributed by atoms with E-state index in [0.29, 0.717) is 16.1 Å². The Morgan fingerprint density at radius 1 is 1.13 bits per heavy atom. The number of amidine groups is 1. The number of nitrogens with zero attached hydrogens (tertiary/aromatic N) is 2. The number of anilines is 1. The number of carbonyl (C=O) groups is 1. The summed E-state index contributed by atoms with van der Waals surface area (Å²) in [6, 6.07) is 15.1. The first-order valence-corrected chi connectivity index (χ1v) is 10.3. The highest BCUT2D eigenvalue weighted by Gasteiger charge is 2.31. The van der Waals surface area contributed by atoms with E-state index in [1.807, 2.05) is 38.1 Å². The summed E-state index contributed by atoms with van der Waals surface area (Å²) in [7, 11) is 0. The monoisotopic (exact) mass is 419 g/mol. The summed E-state index contributed by atoms with van der Waals surface area (Å²) < 4.78 is 0. The van der Waals surface area contributed by atoms with Gasteiger partial charge in [0.1, 0.15) is 16.6 Å². The largest absolute Gasteiger partial charge is 0.510 e. The van der Waals surface area contributed by atoms with Crippen LogP contribution in [-0.2, 0) is 11.2 Å². The maximum Gasteiger partial charge on any atom is 0.307 e. The molecule has 0 aliphatic carbocycles. The molecule has 2 aromatic carbocycles. The first kappa shape index (κ1) is 19.8. The zero-order chi connectivity index (χ0) is 21.4. The third-order valence-corrected chi connectivity index (χ3v) is 6.03. The summed E-state index contributed by atoms with van der Waals surface area (Å²) in [5.41, 5.74) is 4.90. The highest BCUT2D eigenvalue weighted by atomic mass is 32.1. The van der Waals surface area contributed by atoms with Crippen molar-refractivity contribution in [3.8, 4) is 11.3 Å². The molecule has 4 rings (SSSR count). The van der Waals surface area contributed by atoms with Crippen molar-refractivity contribution in [2.75, 3.05) is 11.4 Å². The number of thiazole rings is 1. The van der Waals surface area contributed by atoms with Crippen molar-refractivity contribution in [3.05, 3.63) is 75.3 Å². The van der Waals surface area contributed by atoms with Crippen LogP contribution in [-0.4, -0.2) is 33.5 Å². The van der Waals surface area contributed by atoms with Crippen molar-refractivity contribution in [2.24, 2.45) is 0 Å². The molecule has 0 saturated carbocycles. The van der Waals surface area contributed by atoms with Crippen LogP contribution in [0.25, 0.3) is 16.8 Å². The van der Waals surface area contributed by atoms with Crippen LogP contribution in [0.2, 0.25) is 0 Å². The number of benzene rings is 2. The summed E-state index contributed by atoms with van der Waals surface area (Å²) in [6.45, 7) is 4.21. The van der Waals surface area contributed by atoms with Gasteiger partial charge < -0.3 is 15.1 Å². The molecular formula is C23H21N3O3S. The molecule has 0 fully saturated rings. The second-order valence-corrected chi connectivity index (χ2v) is 8.49. The number of aliphatic carboxylic acids is 1. The molecule has 1 aliphatic rings. The predicted molar refractivity (Wildman–Crippen MR) is 119 cm³/mol. The fraction of sp³-hybridized carbons (Fsp3) is 0.174. The van der Waals surface area contributed by atoms with Gasteiger partial charge in [-0.05, 0) is 31.5 Å². The summed E-state index contributed by atoms with van der Waals surface area (Å²) in [5.74, 6) is -0.594. The van der Waals surface area contributed by atoms with Gasteiger partial charge in [-0.25, -0.2) is 4.98 Å². The minimum Gasteiger partial charge on any atom is -0.510 e. The molecule has 6 nitrogen and oxygen atoms in total. The third-order valence-electron chi connectivity index (χ3n) is 5.04. The lowest BCUT2D eigenvalue weighted by molar-refractivity contribution is -0.136.